The van der Waals surface area contributed by atoms with Crippen LogP contribution >= 0.6 is 0 Å². The normalized spacial score (nSPS) is 19.6. The van der Waals surface area contributed by atoms with Crippen LogP contribution in [-0.2, 0) is 14.6 Å². The highest BCUT2D eigenvalue weighted by Crippen LogP contribution is 2.22. The molecule has 1 fully saturated rings. The van der Waals surface area contributed by atoms with E-state index in [1.807, 2.05) is 0 Å². The van der Waals surface area contributed by atoms with Crippen LogP contribution in [0.1, 0.15) is 12.8 Å². The first kappa shape index (κ1) is 15.7. The lowest BCUT2D eigenvalue weighted by molar-refractivity contribution is -0.116. The molecule has 0 radical (unpaired) electrons. The second-order valence-electron chi connectivity index (χ2n) is 5.65. The minimum atomic E-state index is -2.99. The van der Waals surface area contributed by atoms with Crippen molar-refractivity contribution in [3.05, 3.63) is 42.5 Å². The number of carbonyl (C=O) groups is 1. The molecule has 1 unspecified atom stereocenters. The number of para-hydroxylation sites is 1. The number of nitrogens with one attached hydrogen (secondary N) is 1. The van der Waals surface area contributed by atoms with E-state index in [1.165, 1.54) is 23.1 Å². The summed E-state index contributed by atoms with van der Waals surface area (Å²) >= 11 is 0. The van der Waals surface area contributed by atoms with E-state index < -0.39 is 15.7 Å². The van der Waals surface area contributed by atoms with E-state index in [9.17, 15) is 17.6 Å². The summed E-state index contributed by atoms with van der Waals surface area (Å²) in [6.45, 7) is 0. The van der Waals surface area contributed by atoms with Gasteiger partial charge in [0.15, 0.2) is 9.84 Å². The van der Waals surface area contributed by atoms with Gasteiger partial charge in [-0.25, -0.2) is 17.5 Å². The third kappa shape index (κ3) is 3.76. The lowest BCUT2D eigenvalue weighted by Gasteiger charge is -2.07. The summed E-state index contributed by atoms with van der Waals surface area (Å²) < 4.78 is 37.8. The van der Waals surface area contributed by atoms with Gasteiger partial charge in [0.25, 0.3) is 0 Å². The largest absolute Gasteiger partial charge is 0.323 e. The fraction of sp³-hybridized carbons (Fsp3) is 0.333. The molecule has 3 rings (SSSR count). The third-order valence-electron chi connectivity index (χ3n) is 3.77. The Balaban J connectivity index is 1.63. The fourth-order valence-corrected chi connectivity index (χ4v) is 4.53. The van der Waals surface area contributed by atoms with Crippen molar-refractivity contribution >= 4 is 21.4 Å². The van der Waals surface area contributed by atoms with Crippen molar-refractivity contribution < 1.29 is 17.6 Å². The van der Waals surface area contributed by atoms with Gasteiger partial charge in [0.05, 0.1) is 29.6 Å². The standard InChI is InChI=1S/C15H16FN3O3S/c16-13-3-1-2-4-14(13)19-9-12(8-17-19)18-15(20)7-11-5-6-23(21,22)10-11/h1-4,8-9,11H,5-7,10H2,(H,18,20). The minimum absolute atomic E-state index is 0.0644. The highest BCUT2D eigenvalue weighted by atomic mass is 32.2. The van der Waals surface area contributed by atoms with Crippen LogP contribution in [0, 0.1) is 11.7 Å². The van der Waals surface area contributed by atoms with Crippen LogP contribution in [0.5, 0.6) is 0 Å². The van der Waals surface area contributed by atoms with E-state index in [0.29, 0.717) is 12.1 Å². The molecule has 1 aliphatic heterocycles. The molecule has 2 aromatic rings. The molecule has 1 aliphatic rings. The van der Waals surface area contributed by atoms with Crippen molar-refractivity contribution in [2.45, 2.75) is 12.8 Å². The molecular formula is C15H16FN3O3S. The van der Waals surface area contributed by atoms with Gasteiger partial charge < -0.3 is 5.32 Å². The topological polar surface area (TPSA) is 81.1 Å². The van der Waals surface area contributed by atoms with Gasteiger partial charge in [-0.1, -0.05) is 12.1 Å². The maximum absolute atomic E-state index is 13.7. The Morgan fingerprint density at radius 3 is 2.87 bits per heavy atom. The predicted molar refractivity (Wildman–Crippen MR) is 83.5 cm³/mol. The van der Waals surface area contributed by atoms with Crippen molar-refractivity contribution in [1.82, 2.24) is 9.78 Å². The number of benzene rings is 1. The Morgan fingerprint density at radius 1 is 1.39 bits per heavy atom. The molecule has 1 N–H and O–H groups in total. The van der Waals surface area contributed by atoms with E-state index in [2.05, 4.69) is 10.4 Å². The average Bonchev–Trinajstić information content (AvgIpc) is 3.06. The smallest absolute Gasteiger partial charge is 0.224 e. The number of aromatic nitrogens is 2. The van der Waals surface area contributed by atoms with Gasteiger partial charge in [0.1, 0.15) is 11.5 Å². The molecule has 0 saturated carbocycles. The van der Waals surface area contributed by atoms with E-state index >= 15 is 0 Å². The number of hydrogen-bond donors (Lipinski definition) is 1. The molecule has 122 valence electrons. The van der Waals surface area contributed by atoms with Gasteiger partial charge in [0.2, 0.25) is 5.91 Å². The Bertz CT molecular complexity index is 832. The second kappa shape index (κ2) is 6.11. The number of amides is 1. The van der Waals surface area contributed by atoms with Crippen molar-refractivity contribution in [1.29, 1.82) is 0 Å². The van der Waals surface area contributed by atoms with E-state index in [0.717, 1.165) is 0 Å². The van der Waals surface area contributed by atoms with Crippen LogP contribution in [0.25, 0.3) is 5.69 Å². The van der Waals surface area contributed by atoms with E-state index in [4.69, 9.17) is 0 Å². The Morgan fingerprint density at radius 2 is 2.17 bits per heavy atom. The molecule has 1 aromatic heterocycles. The lowest BCUT2D eigenvalue weighted by Crippen LogP contribution is -2.17. The van der Waals surface area contributed by atoms with Gasteiger partial charge in [-0.15, -0.1) is 0 Å². The average molecular weight is 337 g/mol. The highest BCUT2D eigenvalue weighted by Gasteiger charge is 2.29. The summed E-state index contributed by atoms with van der Waals surface area (Å²) in [6.07, 6.45) is 3.62. The zero-order valence-corrected chi connectivity index (χ0v) is 13.1. The van der Waals surface area contributed by atoms with Crippen molar-refractivity contribution in [2.75, 3.05) is 16.8 Å². The van der Waals surface area contributed by atoms with Crippen LogP contribution in [0.2, 0.25) is 0 Å². The molecule has 1 saturated heterocycles. The summed E-state index contributed by atoms with van der Waals surface area (Å²) in [5.41, 5.74) is 0.731. The second-order valence-corrected chi connectivity index (χ2v) is 7.88. The minimum Gasteiger partial charge on any atom is -0.323 e. The number of carbonyl (C=O) groups excluding carboxylic acids is 1. The van der Waals surface area contributed by atoms with E-state index in [1.54, 1.807) is 18.2 Å². The molecule has 8 heteroatoms. The molecule has 6 nitrogen and oxygen atoms in total. The van der Waals surface area contributed by atoms with Crippen LogP contribution in [-0.4, -0.2) is 35.6 Å². The van der Waals surface area contributed by atoms with Crippen LogP contribution in [0.4, 0.5) is 10.1 Å². The maximum atomic E-state index is 13.7. The fourth-order valence-electron chi connectivity index (χ4n) is 2.66. The first-order valence-corrected chi connectivity index (χ1v) is 9.05. The molecule has 0 aliphatic carbocycles. The number of rotatable bonds is 4. The Labute approximate surface area is 133 Å². The zero-order chi connectivity index (χ0) is 16.4. The monoisotopic (exact) mass is 337 g/mol. The van der Waals surface area contributed by atoms with Crippen molar-refractivity contribution in [2.24, 2.45) is 5.92 Å². The summed E-state index contributed by atoms with van der Waals surface area (Å²) in [5.74, 6) is -0.600. The number of halogens is 1. The first-order chi connectivity index (χ1) is 10.9. The van der Waals surface area contributed by atoms with Gasteiger partial charge >= 0.3 is 0 Å². The summed E-state index contributed by atoms with van der Waals surface area (Å²) in [7, 11) is -2.99. The molecule has 23 heavy (non-hydrogen) atoms. The molecule has 1 aromatic carbocycles. The quantitative estimate of drug-likeness (QED) is 0.922. The zero-order valence-electron chi connectivity index (χ0n) is 12.3. The van der Waals surface area contributed by atoms with E-state index in [-0.39, 0.29) is 35.4 Å². The van der Waals surface area contributed by atoms with Gasteiger partial charge in [0, 0.05) is 6.42 Å². The summed E-state index contributed by atoms with van der Waals surface area (Å²) in [6, 6.07) is 6.19. The Kier molecular flexibility index (Phi) is 4.16. The third-order valence-corrected chi connectivity index (χ3v) is 5.60. The highest BCUT2D eigenvalue weighted by molar-refractivity contribution is 7.91. The first-order valence-electron chi connectivity index (χ1n) is 7.23. The van der Waals surface area contributed by atoms with Gasteiger partial charge in [-0.2, -0.15) is 5.10 Å². The number of sulfone groups is 1. The number of hydrogen-bond acceptors (Lipinski definition) is 4. The summed E-state index contributed by atoms with van der Waals surface area (Å²) in [4.78, 5) is 12.0. The predicted octanol–water partition coefficient (Wildman–Crippen LogP) is 1.77. The number of nitrogens with zero attached hydrogens (tertiary/aromatic N) is 2. The molecule has 1 amide bonds. The SMILES string of the molecule is O=C(CC1CCS(=O)(=O)C1)Nc1cnn(-c2ccccc2F)c1. The molecule has 2 heterocycles. The summed E-state index contributed by atoms with van der Waals surface area (Å²) in [5, 5.41) is 6.69. The molecule has 1 atom stereocenters. The van der Waals surface area contributed by atoms with Crippen molar-refractivity contribution in [3.63, 3.8) is 0 Å². The molecular weight excluding hydrogens is 321 g/mol. The lowest BCUT2D eigenvalue weighted by atomic mass is 10.1. The maximum Gasteiger partial charge on any atom is 0.224 e. The van der Waals surface area contributed by atoms with Crippen molar-refractivity contribution in [3.8, 4) is 5.69 Å². The van der Waals surface area contributed by atoms with Gasteiger partial charge in [-0.3, -0.25) is 4.79 Å². The van der Waals surface area contributed by atoms with Gasteiger partial charge in [-0.05, 0) is 24.5 Å². The van der Waals surface area contributed by atoms with Crippen LogP contribution < -0.4 is 5.32 Å². The molecule has 0 bridgehead atoms. The Hall–Kier alpha value is -2.22. The number of anilines is 1. The van der Waals surface area contributed by atoms with Crippen LogP contribution in [0.15, 0.2) is 36.7 Å². The van der Waals surface area contributed by atoms with Crippen LogP contribution in [0.3, 0.4) is 0 Å². The molecule has 0 spiro atoms.